The second kappa shape index (κ2) is 4.81. The lowest BCUT2D eigenvalue weighted by Gasteiger charge is -2.33. The second-order valence-corrected chi connectivity index (χ2v) is 5.62. The van der Waals surface area contributed by atoms with Gasteiger partial charge in [0.25, 0.3) is 0 Å². The Kier molecular flexibility index (Phi) is 3.19. The number of rotatable bonds is 4. The Hall–Kier alpha value is -0.820. The molecule has 1 aromatic rings. The molecule has 0 amide bonds. The molecule has 0 bridgehead atoms. The number of likely N-dealkylation sites (N-methyl/N-ethyl adjacent to an activating group) is 1. The lowest BCUT2D eigenvalue weighted by Crippen LogP contribution is -2.38. The van der Waals surface area contributed by atoms with Crippen molar-refractivity contribution in [2.24, 2.45) is 5.92 Å². The molecule has 1 N–H and O–H groups in total. The van der Waals surface area contributed by atoms with Crippen LogP contribution in [0.5, 0.6) is 0 Å². The largest absolute Gasteiger partial charge is 0.313 e. The third-order valence-electron chi connectivity index (χ3n) is 4.42. The van der Waals surface area contributed by atoms with Crippen LogP contribution in [-0.2, 0) is 6.42 Å². The maximum atomic E-state index is 3.76. The Morgan fingerprint density at radius 1 is 1.24 bits per heavy atom. The number of benzene rings is 1. The van der Waals surface area contributed by atoms with Crippen molar-refractivity contribution < 1.29 is 0 Å². The van der Waals surface area contributed by atoms with Gasteiger partial charge in [0.15, 0.2) is 0 Å². The first-order chi connectivity index (χ1) is 8.40. The molecular formula is C16H23N. The van der Waals surface area contributed by atoms with E-state index in [1.54, 1.807) is 11.1 Å². The summed E-state index contributed by atoms with van der Waals surface area (Å²) in [7, 11) is 0. The van der Waals surface area contributed by atoms with E-state index in [1.807, 2.05) is 0 Å². The quantitative estimate of drug-likeness (QED) is 0.833. The van der Waals surface area contributed by atoms with Crippen molar-refractivity contribution in [3.63, 3.8) is 0 Å². The van der Waals surface area contributed by atoms with E-state index in [0.717, 1.165) is 24.4 Å². The van der Waals surface area contributed by atoms with Crippen LogP contribution in [-0.4, -0.2) is 12.6 Å². The van der Waals surface area contributed by atoms with Gasteiger partial charge in [0.2, 0.25) is 0 Å². The summed E-state index contributed by atoms with van der Waals surface area (Å²) in [5.74, 6) is 1.72. The first-order valence-corrected chi connectivity index (χ1v) is 7.21. The summed E-state index contributed by atoms with van der Waals surface area (Å²) in [5.41, 5.74) is 3.24. The van der Waals surface area contributed by atoms with Crippen LogP contribution in [0.2, 0.25) is 0 Å². The molecule has 17 heavy (non-hydrogen) atoms. The molecule has 0 heterocycles. The fraction of sp³-hybridized carbons (Fsp3) is 0.625. The molecule has 1 fully saturated rings. The summed E-state index contributed by atoms with van der Waals surface area (Å²) in [5, 5.41) is 3.76. The zero-order valence-corrected chi connectivity index (χ0v) is 10.8. The van der Waals surface area contributed by atoms with Crippen molar-refractivity contribution in [3.05, 3.63) is 35.4 Å². The van der Waals surface area contributed by atoms with Crippen molar-refractivity contribution in [3.8, 4) is 0 Å². The summed E-state index contributed by atoms with van der Waals surface area (Å²) in [6.45, 7) is 3.35. The number of hydrogen-bond donors (Lipinski definition) is 1. The van der Waals surface area contributed by atoms with Gasteiger partial charge in [-0.3, -0.25) is 0 Å². The molecule has 0 spiro atoms. The van der Waals surface area contributed by atoms with Crippen LogP contribution in [0.4, 0.5) is 0 Å². The van der Waals surface area contributed by atoms with E-state index < -0.39 is 0 Å². The number of nitrogens with one attached hydrogen (secondary N) is 1. The first kappa shape index (κ1) is 11.3. The van der Waals surface area contributed by atoms with Gasteiger partial charge in [-0.1, -0.05) is 31.2 Å². The normalized spacial score (nSPS) is 25.4. The molecular weight excluding hydrogens is 206 g/mol. The zero-order valence-electron chi connectivity index (χ0n) is 10.8. The summed E-state index contributed by atoms with van der Waals surface area (Å²) in [6, 6.07) is 9.85. The third-order valence-corrected chi connectivity index (χ3v) is 4.42. The van der Waals surface area contributed by atoms with Gasteiger partial charge in [0.05, 0.1) is 0 Å². The summed E-state index contributed by atoms with van der Waals surface area (Å²) in [4.78, 5) is 0. The molecule has 0 saturated heterocycles. The van der Waals surface area contributed by atoms with Crippen LogP contribution in [0.25, 0.3) is 0 Å². The van der Waals surface area contributed by atoms with Crippen molar-refractivity contribution in [1.29, 1.82) is 0 Å². The van der Waals surface area contributed by atoms with E-state index in [1.165, 1.54) is 32.1 Å². The van der Waals surface area contributed by atoms with E-state index in [9.17, 15) is 0 Å². The Morgan fingerprint density at radius 2 is 2.06 bits per heavy atom. The molecule has 2 aliphatic rings. The van der Waals surface area contributed by atoms with Crippen molar-refractivity contribution in [1.82, 2.24) is 5.32 Å². The second-order valence-electron chi connectivity index (χ2n) is 5.62. The van der Waals surface area contributed by atoms with E-state index >= 15 is 0 Å². The van der Waals surface area contributed by atoms with E-state index in [0.29, 0.717) is 0 Å². The smallest absolute Gasteiger partial charge is 0.0164 e. The van der Waals surface area contributed by atoms with Gasteiger partial charge in [0, 0.05) is 6.04 Å². The highest BCUT2D eigenvalue weighted by Gasteiger charge is 2.37. The highest BCUT2D eigenvalue weighted by atomic mass is 14.9. The highest BCUT2D eigenvalue weighted by molar-refractivity contribution is 5.34. The Morgan fingerprint density at radius 3 is 2.82 bits per heavy atom. The molecule has 0 aromatic heterocycles. The van der Waals surface area contributed by atoms with Crippen LogP contribution in [0, 0.1) is 5.92 Å². The van der Waals surface area contributed by atoms with Gasteiger partial charge in [-0.25, -0.2) is 0 Å². The average Bonchev–Trinajstić information content (AvgIpc) is 3.20. The van der Waals surface area contributed by atoms with Crippen LogP contribution in [0.1, 0.15) is 49.7 Å². The number of aryl methyl sites for hydroxylation is 1. The topological polar surface area (TPSA) is 12.0 Å². The van der Waals surface area contributed by atoms with Gasteiger partial charge in [-0.15, -0.1) is 0 Å². The molecule has 1 saturated carbocycles. The van der Waals surface area contributed by atoms with Gasteiger partial charge >= 0.3 is 0 Å². The van der Waals surface area contributed by atoms with Crippen molar-refractivity contribution in [2.45, 2.75) is 51.0 Å². The molecule has 0 aliphatic heterocycles. The number of fused-ring (bicyclic) bond motifs is 1. The summed E-state index contributed by atoms with van der Waals surface area (Å²) in [6.07, 6.45) is 6.92. The van der Waals surface area contributed by atoms with E-state index in [-0.39, 0.29) is 0 Å². The molecule has 2 atom stereocenters. The van der Waals surface area contributed by atoms with Gasteiger partial charge in [-0.05, 0) is 61.6 Å². The minimum absolute atomic E-state index is 0.737. The average molecular weight is 229 g/mol. The first-order valence-electron chi connectivity index (χ1n) is 7.21. The van der Waals surface area contributed by atoms with Crippen molar-refractivity contribution in [2.75, 3.05) is 6.54 Å². The highest BCUT2D eigenvalue weighted by Crippen LogP contribution is 2.43. The maximum Gasteiger partial charge on any atom is 0.0164 e. The fourth-order valence-electron chi connectivity index (χ4n) is 3.49. The SMILES string of the molecule is CCNC(C1CC1)C1CCCc2ccccc21. The zero-order chi connectivity index (χ0) is 11.7. The Bertz CT molecular complexity index is 381. The standard InChI is InChI=1S/C16H23N/c1-2-17-16(13-10-11-13)15-9-5-7-12-6-3-4-8-14(12)15/h3-4,6,8,13,15-17H,2,5,7,9-11H2,1H3. The van der Waals surface area contributed by atoms with Crippen LogP contribution < -0.4 is 5.32 Å². The number of hydrogen-bond acceptors (Lipinski definition) is 1. The van der Waals surface area contributed by atoms with Gasteiger partial charge in [-0.2, -0.15) is 0 Å². The molecule has 2 aliphatic carbocycles. The summed E-state index contributed by atoms with van der Waals surface area (Å²) < 4.78 is 0. The van der Waals surface area contributed by atoms with Crippen LogP contribution in [0.3, 0.4) is 0 Å². The van der Waals surface area contributed by atoms with E-state index in [2.05, 4.69) is 36.5 Å². The Balaban J connectivity index is 1.87. The molecule has 1 heteroatoms. The Labute approximate surface area is 105 Å². The van der Waals surface area contributed by atoms with Crippen LogP contribution in [0.15, 0.2) is 24.3 Å². The molecule has 1 aromatic carbocycles. The summed E-state index contributed by atoms with van der Waals surface area (Å²) >= 11 is 0. The minimum atomic E-state index is 0.737. The van der Waals surface area contributed by atoms with Gasteiger partial charge < -0.3 is 5.32 Å². The monoisotopic (exact) mass is 229 g/mol. The third kappa shape index (κ3) is 2.26. The molecule has 3 rings (SSSR count). The molecule has 2 unspecified atom stereocenters. The lowest BCUT2D eigenvalue weighted by atomic mass is 9.77. The van der Waals surface area contributed by atoms with Crippen molar-refractivity contribution >= 4 is 0 Å². The lowest BCUT2D eigenvalue weighted by molar-refractivity contribution is 0.364. The van der Waals surface area contributed by atoms with Crippen LogP contribution >= 0.6 is 0 Å². The molecule has 1 nitrogen and oxygen atoms in total. The minimum Gasteiger partial charge on any atom is -0.313 e. The predicted octanol–water partition coefficient (Wildman–Crippen LogP) is 3.49. The fourth-order valence-corrected chi connectivity index (χ4v) is 3.49. The van der Waals surface area contributed by atoms with Gasteiger partial charge in [0.1, 0.15) is 0 Å². The van der Waals surface area contributed by atoms with E-state index in [4.69, 9.17) is 0 Å². The molecule has 92 valence electrons. The predicted molar refractivity (Wildman–Crippen MR) is 72.3 cm³/mol. The molecule has 0 radical (unpaired) electrons. The maximum absolute atomic E-state index is 3.76.